The molecule has 156 valence electrons. The summed E-state index contributed by atoms with van der Waals surface area (Å²) in [6.45, 7) is 6.77. The van der Waals surface area contributed by atoms with E-state index in [9.17, 15) is 5.11 Å². The molecule has 0 fully saturated rings. The molecule has 0 aromatic heterocycles. The van der Waals surface area contributed by atoms with E-state index in [2.05, 4.69) is 32.9 Å². The van der Waals surface area contributed by atoms with Crippen LogP contribution in [0.2, 0.25) is 0 Å². The molecule has 0 spiro atoms. The molecule has 0 radical (unpaired) electrons. The predicted octanol–water partition coefficient (Wildman–Crippen LogP) is 8.54. The highest BCUT2D eigenvalue weighted by molar-refractivity contribution is 5.44. The van der Waals surface area contributed by atoms with E-state index in [1.165, 1.54) is 107 Å². The van der Waals surface area contributed by atoms with E-state index in [-0.39, 0.29) is 0 Å². The van der Waals surface area contributed by atoms with Crippen molar-refractivity contribution in [3.05, 3.63) is 28.8 Å². The Bertz CT molecular complexity index is 438. The largest absolute Gasteiger partial charge is 0.507 e. The van der Waals surface area contributed by atoms with Gasteiger partial charge < -0.3 is 5.11 Å². The van der Waals surface area contributed by atoms with Crippen LogP contribution in [0.4, 0.5) is 0 Å². The van der Waals surface area contributed by atoms with Gasteiger partial charge in [0.05, 0.1) is 0 Å². The number of aryl methyl sites for hydroxylation is 3. The summed E-state index contributed by atoms with van der Waals surface area (Å²) in [7, 11) is 0. The van der Waals surface area contributed by atoms with E-state index >= 15 is 0 Å². The Balaban J connectivity index is 2.41. The minimum Gasteiger partial charge on any atom is -0.507 e. The van der Waals surface area contributed by atoms with Gasteiger partial charge in [0.1, 0.15) is 5.75 Å². The Kier molecular flexibility index (Phi) is 14.3. The minimum atomic E-state index is 0.601. The molecule has 1 N–H and O–H groups in total. The van der Waals surface area contributed by atoms with Crippen LogP contribution in [-0.2, 0) is 19.3 Å². The second kappa shape index (κ2) is 16.0. The fraction of sp³-hybridized carbons (Fsp3) is 0.769. The lowest BCUT2D eigenvalue weighted by Gasteiger charge is -2.13. The first-order valence-electron chi connectivity index (χ1n) is 12.1. The molecule has 0 amide bonds. The van der Waals surface area contributed by atoms with Gasteiger partial charge in [-0.1, -0.05) is 110 Å². The SMILES string of the molecule is CCCCCCCCCc1cc(CC)cc(CCCCCCCCC)c1O. The van der Waals surface area contributed by atoms with Gasteiger partial charge >= 0.3 is 0 Å². The first-order chi connectivity index (χ1) is 13.2. The molecule has 1 rings (SSSR count). The van der Waals surface area contributed by atoms with E-state index < -0.39 is 0 Å². The van der Waals surface area contributed by atoms with Crippen LogP contribution in [0.1, 0.15) is 127 Å². The van der Waals surface area contributed by atoms with E-state index in [1.807, 2.05) is 0 Å². The van der Waals surface area contributed by atoms with Gasteiger partial charge in [-0.15, -0.1) is 0 Å². The second-order valence-corrected chi connectivity index (χ2v) is 8.36. The van der Waals surface area contributed by atoms with Gasteiger partial charge in [0.15, 0.2) is 0 Å². The average Bonchev–Trinajstić information content (AvgIpc) is 2.68. The average molecular weight is 375 g/mol. The minimum absolute atomic E-state index is 0.601. The molecule has 0 aliphatic carbocycles. The molecule has 0 atom stereocenters. The Morgan fingerprint density at radius 3 is 1.30 bits per heavy atom. The lowest BCUT2D eigenvalue weighted by molar-refractivity contribution is 0.456. The summed E-state index contributed by atoms with van der Waals surface area (Å²) in [5, 5.41) is 10.8. The van der Waals surface area contributed by atoms with E-state index in [0.29, 0.717) is 5.75 Å². The molecular formula is C26H46O. The van der Waals surface area contributed by atoms with Crippen molar-refractivity contribution >= 4 is 0 Å². The summed E-state index contributed by atoms with van der Waals surface area (Å²) in [6.07, 6.45) is 21.8. The van der Waals surface area contributed by atoms with Crippen molar-refractivity contribution in [1.29, 1.82) is 0 Å². The number of hydrogen-bond acceptors (Lipinski definition) is 1. The first kappa shape index (κ1) is 24.1. The number of hydrogen-bond donors (Lipinski definition) is 1. The van der Waals surface area contributed by atoms with Crippen molar-refractivity contribution in [3.63, 3.8) is 0 Å². The summed E-state index contributed by atoms with van der Waals surface area (Å²) in [5.74, 6) is 0.601. The fourth-order valence-corrected chi connectivity index (χ4v) is 3.96. The predicted molar refractivity (Wildman–Crippen MR) is 121 cm³/mol. The second-order valence-electron chi connectivity index (χ2n) is 8.36. The Hall–Kier alpha value is -0.980. The normalized spacial score (nSPS) is 11.2. The van der Waals surface area contributed by atoms with E-state index in [0.717, 1.165) is 19.3 Å². The van der Waals surface area contributed by atoms with E-state index in [4.69, 9.17) is 0 Å². The van der Waals surface area contributed by atoms with Gasteiger partial charge in [-0.3, -0.25) is 0 Å². The van der Waals surface area contributed by atoms with Gasteiger partial charge in [-0.05, 0) is 48.8 Å². The first-order valence-corrected chi connectivity index (χ1v) is 12.1. The van der Waals surface area contributed by atoms with Crippen molar-refractivity contribution < 1.29 is 5.11 Å². The number of benzene rings is 1. The number of phenolic OH excluding ortho intramolecular Hbond substituents is 1. The molecule has 27 heavy (non-hydrogen) atoms. The lowest BCUT2D eigenvalue weighted by atomic mass is 9.95. The lowest BCUT2D eigenvalue weighted by Crippen LogP contribution is -1.96. The summed E-state index contributed by atoms with van der Waals surface area (Å²) in [6, 6.07) is 4.50. The van der Waals surface area contributed by atoms with Gasteiger partial charge in [0.25, 0.3) is 0 Å². The zero-order valence-electron chi connectivity index (χ0n) is 18.6. The molecular weight excluding hydrogens is 328 g/mol. The molecule has 0 unspecified atom stereocenters. The molecule has 0 aliphatic rings. The number of phenols is 1. The monoisotopic (exact) mass is 374 g/mol. The van der Waals surface area contributed by atoms with Crippen molar-refractivity contribution in [2.45, 2.75) is 130 Å². The summed E-state index contributed by atoms with van der Waals surface area (Å²) in [4.78, 5) is 0. The maximum absolute atomic E-state index is 10.8. The van der Waals surface area contributed by atoms with Crippen LogP contribution in [0, 0.1) is 0 Å². The Labute approximate surface area is 170 Å². The van der Waals surface area contributed by atoms with Gasteiger partial charge in [0, 0.05) is 0 Å². The van der Waals surface area contributed by atoms with Crippen molar-refractivity contribution in [2.75, 3.05) is 0 Å². The molecule has 0 saturated heterocycles. The van der Waals surface area contributed by atoms with Gasteiger partial charge in [-0.25, -0.2) is 0 Å². The summed E-state index contributed by atoms with van der Waals surface area (Å²) < 4.78 is 0. The maximum atomic E-state index is 10.8. The van der Waals surface area contributed by atoms with Crippen LogP contribution < -0.4 is 0 Å². The van der Waals surface area contributed by atoms with Crippen LogP contribution in [-0.4, -0.2) is 5.11 Å². The maximum Gasteiger partial charge on any atom is 0.121 e. The third kappa shape index (κ3) is 10.8. The summed E-state index contributed by atoms with van der Waals surface area (Å²) >= 11 is 0. The van der Waals surface area contributed by atoms with Gasteiger partial charge in [-0.2, -0.15) is 0 Å². The molecule has 0 saturated carbocycles. The molecule has 1 nitrogen and oxygen atoms in total. The van der Waals surface area contributed by atoms with Crippen molar-refractivity contribution in [3.8, 4) is 5.75 Å². The van der Waals surface area contributed by atoms with Gasteiger partial charge in [0.2, 0.25) is 0 Å². The zero-order chi connectivity index (χ0) is 19.7. The molecule has 1 heteroatoms. The topological polar surface area (TPSA) is 20.2 Å². The fourth-order valence-electron chi connectivity index (χ4n) is 3.96. The number of rotatable bonds is 17. The van der Waals surface area contributed by atoms with Crippen LogP contribution in [0.5, 0.6) is 5.75 Å². The number of aromatic hydroxyl groups is 1. The van der Waals surface area contributed by atoms with E-state index in [1.54, 1.807) is 0 Å². The molecule has 1 aromatic rings. The third-order valence-electron chi connectivity index (χ3n) is 5.84. The van der Waals surface area contributed by atoms with Crippen LogP contribution in [0.15, 0.2) is 12.1 Å². The highest BCUT2D eigenvalue weighted by Gasteiger charge is 2.09. The smallest absolute Gasteiger partial charge is 0.121 e. The molecule has 0 aliphatic heterocycles. The van der Waals surface area contributed by atoms with Crippen molar-refractivity contribution in [1.82, 2.24) is 0 Å². The quantitative estimate of drug-likeness (QED) is 0.271. The Morgan fingerprint density at radius 2 is 0.926 bits per heavy atom. The zero-order valence-corrected chi connectivity index (χ0v) is 18.6. The molecule has 0 heterocycles. The highest BCUT2D eigenvalue weighted by Crippen LogP contribution is 2.28. The standard InChI is InChI=1S/C26H46O/c1-4-7-9-11-13-15-17-19-24-21-23(6-3)22-25(26(24)27)20-18-16-14-12-10-8-5-2/h21-22,27H,4-20H2,1-3H3. The van der Waals surface area contributed by atoms with Crippen LogP contribution in [0.3, 0.4) is 0 Å². The van der Waals surface area contributed by atoms with Crippen LogP contribution >= 0.6 is 0 Å². The Morgan fingerprint density at radius 1 is 0.556 bits per heavy atom. The molecule has 0 bridgehead atoms. The number of unbranched alkanes of at least 4 members (excludes halogenated alkanes) is 12. The summed E-state index contributed by atoms with van der Waals surface area (Å²) in [5.41, 5.74) is 3.78. The van der Waals surface area contributed by atoms with Crippen molar-refractivity contribution in [2.24, 2.45) is 0 Å². The third-order valence-corrected chi connectivity index (χ3v) is 5.84. The van der Waals surface area contributed by atoms with Crippen LogP contribution in [0.25, 0.3) is 0 Å². The highest BCUT2D eigenvalue weighted by atomic mass is 16.3. The molecule has 1 aromatic carbocycles.